The van der Waals surface area contributed by atoms with Crippen LogP contribution in [0.1, 0.15) is 29.5 Å². The number of aliphatic hydroxyl groups excluding tert-OH is 1. The van der Waals surface area contributed by atoms with Crippen LogP contribution in [0, 0.1) is 17.2 Å². The lowest BCUT2D eigenvalue weighted by molar-refractivity contribution is -0.130. The Balaban J connectivity index is 1.79. The summed E-state index contributed by atoms with van der Waals surface area (Å²) in [7, 11) is 0. The lowest BCUT2D eigenvalue weighted by atomic mass is 10.1. The molecule has 26 heavy (non-hydrogen) atoms. The number of nitriles is 1. The Labute approximate surface area is 154 Å². The molecule has 1 N–H and O–H groups in total. The molecule has 1 saturated carbocycles. The summed E-state index contributed by atoms with van der Waals surface area (Å²) in [6.07, 6.45) is 5.36. The van der Waals surface area contributed by atoms with Gasteiger partial charge in [-0.05, 0) is 48.1 Å². The zero-order valence-corrected chi connectivity index (χ0v) is 14.6. The van der Waals surface area contributed by atoms with Crippen LogP contribution in [0.15, 0.2) is 60.7 Å². The van der Waals surface area contributed by atoms with Crippen LogP contribution in [-0.2, 0) is 11.3 Å². The summed E-state index contributed by atoms with van der Waals surface area (Å²) in [5, 5.41) is 18.8. The Morgan fingerprint density at radius 1 is 1.23 bits per heavy atom. The van der Waals surface area contributed by atoms with E-state index in [1.807, 2.05) is 36.4 Å². The number of hydrogen-bond donors (Lipinski definition) is 1. The van der Waals surface area contributed by atoms with Crippen molar-refractivity contribution in [1.82, 2.24) is 4.90 Å². The lowest BCUT2D eigenvalue weighted by Gasteiger charge is -2.30. The number of benzene rings is 2. The number of nitrogens with zero attached hydrogens (tertiary/aromatic N) is 2. The highest BCUT2D eigenvalue weighted by Gasteiger charge is 2.36. The van der Waals surface area contributed by atoms with Gasteiger partial charge in [-0.1, -0.05) is 42.5 Å². The summed E-state index contributed by atoms with van der Waals surface area (Å²) in [6.45, 7) is 0.449. The van der Waals surface area contributed by atoms with Crippen LogP contribution < -0.4 is 0 Å². The Bertz CT molecular complexity index is 820. The highest BCUT2D eigenvalue weighted by atomic mass is 16.3. The highest BCUT2D eigenvalue weighted by Crippen LogP contribution is 2.36. The van der Waals surface area contributed by atoms with Crippen molar-refractivity contribution in [2.45, 2.75) is 25.4 Å². The minimum Gasteiger partial charge on any atom is -0.394 e. The van der Waals surface area contributed by atoms with Crippen LogP contribution in [0.5, 0.6) is 0 Å². The van der Waals surface area contributed by atoms with Gasteiger partial charge in [0.25, 0.3) is 0 Å². The molecule has 0 saturated heterocycles. The van der Waals surface area contributed by atoms with Gasteiger partial charge in [-0.3, -0.25) is 4.79 Å². The van der Waals surface area contributed by atoms with Crippen molar-refractivity contribution in [3.63, 3.8) is 0 Å². The number of carbonyl (C=O) groups is 1. The van der Waals surface area contributed by atoms with Gasteiger partial charge >= 0.3 is 0 Å². The molecule has 1 amide bonds. The topological polar surface area (TPSA) is 64.3 Å². The van der Waals surface area contributed by atoms with Gasteiger partial charge in [0.2, 0.25) is 5.91 Å². The molecule has 4 nitrogen and oxygen atoms in total. The van der Waals surface area contributed by atoms with Gasteiger partial charge in [-0.25, -0.2) is 0 Å². The monoisotopic (exact) mass is 346 g/mol. The molecule has 3 rings (SSSR count). The van der Waals surface area contributed by atoms with Crippen LogP contribution in [0.3, 0.4) is 0 Å². The number of rotatable bonds is 7. The van der Waals surface area contributed by atoms with Crippen LogP contribution in [-0.4, -0.2) is 28.6 Å². The largest absolute Gasteiger partial charge is 0.394 e. The fourth-order valence-electron chi connectivity index (χ4n) is 3.10. The molecule has 1 aliphatic rings. The zero-order chi connectivity index (χ0) is 18.4. The Kier molecular flexibility index (Phi) is 5.83. The number of hydrogen-bond acceptors (Lipinski definition) is 3. The zero-order valence-electron chi connectivity index (χ0n) is 14.6. The average Bonchev–Trinajstić information content (AvgIpc) is 3.52. The van der Waals surface area contributed by atoms with Gasteiger partial charge < -0.3 is 10.0 Å². The molecule has 2 aromatic rings. The van der Waals surface area contributed by atoms with Gasteiger partial charge in [-0.2, -0.15) is 5.26 Å². The first-order valence-electron chi connectivity index (χ1n) is 8.85. The van der Waals surface area contributed by atoms with E-state index < -0.39 is 0 Å². The third-order valence-corrected chi connectivity index (χ3v) is 4.67. The maximum absolute atomic E-state index is 12.9. The molecule has 0 heterocycles. The molecule has 1 unspecified atom stereocenters. The molecule has 0 aliphatic heterocycles. The summed E-state index contributed by atoms with van der Waals surface area (Å²) in [4.78, 5) is 14.6. The molecule has 1 atom stereocenters. The Morgan fingerprint density at radius 2 is 2.00 bits per heavy atom. The first-order valence-corrected chi connectivity index (χ1v) is 8.85. The van der Waals surface area contributed by atoms with Crippen molar-refractivity contribution in [2.75, 3.05) is 6.61 Å². The summed E-state index contributed by atoms with van der Waals surface area (Å²) < 4.78 is 0. The lowest BCUT2D eigenvalue weighted by Crippen LogP contribution is -2.42. The molecular weight excluding hydrogens is 324 g/mol. The van der Waals surface area contributed by atoms with Gasteiger partial charge in [-0.15, -0.1) is 0 Å². The van der Waals surface area contributed by atoms with Gasteiger partial charge in [0.05, 0.1) is 24.3 Å². The first kappa shape index (κ1) is 17.9. The normalized spacial score (nSPS) is 14.8. The second-order valence-corrected chi connectivity index (χ2v) is 6.61. The van der Waals surface area contributed by atoms with Gasteiger partial charge in [0, 0.05) is 12.6 Å². The summed E-state index contributed by atoms with van der Waals surface area (Å²) in [6, 6.07) is 18.9. The molecule has 0 bridgehead atoms. The molecule has 2 aromatic carbocycles. The molecule has 0 spiro atoms. The van der Waals surface area contributed by atoms with Gasteiger partial charge in [0.1, 0.15) is 0 Å². The van der Waals surface area contributed by atoms with E-state index in [1.165, 1.54) is 6.08 Å². The van der Waals surface area contributed by atoms with Crippen molar-refractivity contribution in [3.8, 4) is 6.07 Å². The van der Waals surface area contributed by atoms with E-state index in [0.29, 0.717) is 18.0 Å². The summed E-state index contributed by atoms with van der Waals surface area (Å²) >= 11 is 0. The van der Waals surface area contributed by atoms with E-state index in [9.17, 15) is 9.90 Å². The van der Waals surface area contributed by atoms with Crippen molar-refractivity contribution in [3.05, 3.63) is 77.4 Å². The predicted octanol–water partition coefficient (Wildman–Crippen LogP) is 3.37. The molecule has 4 heteroatoms. The summed E-state index contributed by atoms with van der Waals surface area (Å²) in [5.41, 5.74) is 2.41. The fraction of sp³-hybridized carbons (Fsp3) is 0.273. The molecule has 0 aromatic heterocycles. The van der Waals surface area contributed by atoms with E-state index in [1.54, 1.807) is 29.2 Å². The van der Waals surface area contributed by atoms with Crippen LogP contribution >= 0.6 is 0 Å². The SMILES string of the molecule is N#Cc1cccc(/C=C/C(=O)N(Cc2ccccc2)C(CO)C2CC2)c1. The van der Waals surface area contributed by atoms with Crippen molar-refractivity contribution in [1.29, 1.82) is 5.26 Å². The van der Waals surface area contributed by atoms with E-state index >= 15 is 0 Å². The number of amides is 1. The van der Waals surface area contributed by atoms with E-state index in [4.69, 9.17) is 5.26 Å². The highest BCUT2D eigenvalue weighted by molar-refractivity contribution is 5.92. The van der Waals surface area contributed by atoms with E-state index in [2.05, 4.69) is 6.07 Å². The predicted molar refractivity (Wildman–Crippen MR) is 101 cm³/mol. The molecule has 1 fully saturated rings. The number of aliphatic hydroxyl groups is 1. The van der Waals surface area contributed by atoms with Crippen molar-refractivity contribution >= 4 is 12.0 Å². The van der Waals surface area contributed by atoms with Crippen molar-refractivity contribution < 1.29 is 9.90 Å². The molecule has 132 valence electrons. The average molecular weight is 346 g/mol. The van der Waals surface area contributed by atoms with E-state index in [-0.39, 0.29) is 18.6 Å². The Hall–Kier alpha value is -2.90. The maximum Gasteiger partial charge on any atom is 0.247 e. The number of carbonyl (C=O) groups excluding carboxylic acids is 1. The molecular formula is C22H22N2O2. The third-order valence-electron chi connectivity index (χ3n) is 4.67. The minimum atomic E-state index is -0.155. The third kappa shape index (κ3) is 4.59. The summed E-state index contributed by atoms with van der Waals surface area (Å²) in [5.74, 6) is 0.255. The second-order valence-electron chi connectivity index (χ2n) is 6.61. The van der Waals surface area contributed by atoms with Crippen LogP contribution in [0.2, 0.25) is 0 Å². The quantitative estimate of drug-likeness (QED) is 0.782. The second kappa shape index (κ2) is 8.46. The van der Waals surface area contributed by atoms with E-state index in [0.717, 1.165) is 24.0 Å². The first-order chi connectivity index (χ1) is 12.7. The minimum absolute atomic E-state index is 0.0268. The molecule has 0 radical (unpaired) electrons. The fourth-order valence-corrected chi connectivity index (χ4v) is 3.10. The smallest absolute Gasteiger partial charge is 0.247 e. The standard InChI is InChI=1S/C22H22N2O2/c23-14-19-8-4-7-17(13-19)9-12-22(26)24(21(16-25)20-10-11-20)15-18-5-2-1-3-6-18/h1-9,12-13,20-21,25H,10-11,15-16H2/b12-9+. The molecule has 1 aliphatic carbocycles. The van der Waals surface area contributed by atoms with Gasteiger partial charge in [0.15, 0.2) is 0 Å². The maximum atomic E-state index is 12.9. The van der Waals surface area contributed by atoms with Crippen LogP contribution in [0.25, 0.3) is 6.08 Å². The van der Waals surface area contributed by atoms with Crippen molar-refractivity contribution in [2.24, 2.45) is 5.92 Å². The Morgan fingerprint density at radius 3 is 2.65 bits per heavy atom. The van der Waals surface area contributed by atoms with Crippen LogP contribution in [0.4, 0.5) is 0 Å².